The molecule has 2 aromatic rings. The molecule has 1 saturated heterocycles. The number of fused-ring (bicyclic) bond motifs is 3. The number of nitrogens with zero attached hydrogens (tertiary/aromatic N) is 1. The van der Waals surface area contributed by atoms with E-state index in [9.17, 15) is 4.79 Å². The van der Waals surface area contributed by atoms with E-state index in [1.54, 1.807) is 0 Å². The van der Waals surface area contributed by atoms with Gasteiger partial charge in [0.2, 0.25) is 0 Å². The average molecular weight is 351 g/mol. The van der Waals surface area contributed by atoms with Crippen LogP contribution in [0.5, 0.6) is 0 Å². The minimum atomic E-state index is -0.289. The van der Waals surface area contributed by atoms with Gasteiger partial charge in [0.25, 0.3) is 0 Å². The fraction of sp³-hybridized carbons (Fsp3) is 0.300. The zero-order chi connectivity index (χ0) is 17.8. The first-order valence-electron chi connectivity index (χ1n) is 8.43. The lowest BCUT2D eigenvalue weighted by Gasteiger charge is -2.48. The topological polar surface area (TPSA) is 44.4 Å². The van der Waals surface area contributed by atoms with Gasteiger partial charge in [-0.1, -0.05) is 30.3 Å². The molecule has 2 aliphatic heterocycles. The molecule has 25 heavy (non-hydrogen) atoms. The Kier molecular flexibility index (Phi) is 3.41. The van der Waals surface area contributed by atoms with Gasteiger partial charge < -0.3 is 10.6 Å². The van der Waals surface area contributed by atoms with Gasteiger partial charge >= 0.3 is 0 Å². The van der Waals surface area contributed by atoms with E-state index >= 15 is 0 Å². The maximum Gasteiger partial charge on any atom is 0.193 e. The van der Waals surface area contributed by atoms with Crippen molar-refractivity contribution in [2.45, 2.75) is 38.4 Å². The summed E-state index contributed by atoms with van der Waals surface area (Å²) < 4.78 is 0. The molecule has 0 aromatic heterocycles. The van der Waals surface area contributed by atoms with Crippen LogP contribution in [0.1, 0.15) is 43.1 Å². The number of nitrogens with one attached hydrogen (secondary N) is 2. The highest BCUT2D eigenvalue weighted by Gasteiger charge is 2.49. The van der Waals surface area contributed by atoms with Crippen molar-refractivity contribution in [3.8, 4) is 0 Å². The molecule has 0 saturated carbocycles. The van der Waals surface area contributed by atoms with E-state index in [1.165, 1.54) is 0 Å². The summed E-state index contributed by atoms with van der Waals surface area (Å²) in [6, 6.07) is 15.2. The molecule has 0 radical (unpaired) electrons. The molecule has 2 aromatic carbocycles. The van der Waals surface area contributed by atoms with E-state index in [0.29, 0.717) is 16.2 Å². The summed E-state index contributed by atoms with van der Waals surface area (Å²) in [5.41, 5.74) is 2.97. The first kappa shape index (κ1) is 16.1. The van der Waals surface area contributed by atoms with Crippen LogP contribution in [0, 0.1) is 0 Å². The van der Waals surface area contributed by atoms with Gasteiger partial charge in [-0.2, -0.15) is 0 Å². The highest BCUT2D eigenvalue weighted by Crippen LogP contribution is 2.45. The van der Waals surface area contributed by atoms with Gasteiger partial charge in [0, 0.05) is 23.1 Å². The molecule has 1 fully saturated rings. The molecule has 2 N–H and O–H groups in total. The molecule has 4 rings (SSSR count). The Morgan fingerprint density at radius 2 is 1.76 bits per heavy atom. The molecule has 0 aliphatic carbocycles. The monoisotopic (exact) mass is 351 g/mol. The highest BCUT2D eigenvalue weighted by molar-refractivity contribution is 7.80. The minimum Gasteiger partial charge on any atom is -0.361 e. The van der Waals surface area contributed by atoms with Crippen molar-refractivity contribution in [3.05, 3.63) is 59.7 Å². The van der Waals surface area contributed by atoms with E-state index in [2.05, 4.69) is 36.3 Å². The summed E-state index contributed by atoms with van der Waals surface area (Å²) in [4.78, 5) is 14.9. The maximum absolute atomic E-state index is 12.7. The van der Waals surface area contributed by atoms with Gasteiger partial charge in [-0.15, -0.1) is 0 Å². The van der Waals surface area contributed by atoms with E-state index < -0.39 is 0 Å². The second-order valence-electron chi connectivity index (χ2n) is 7.65. The predicted octanol–water partition coefficient (Wildman–Crippen LogP) is 3.92. The van der Waals surface area contributed by atoms with E-state index in [-0.39, 0.29) is 17.0 Å². The lowest BCUT2D eigenvalue weighted by atomic mass is 9.89. The van der Waals surface area contributed by atoms with Gasteiger partial charge in [0.05, 0.1) is 11.4 Å². The fourth-order valence-corrected chi connectivity index (χ4v) is 4.62. The third-order valence-electron chi connectivity index (χ3n) is 4.87. The quantitative estimate of drug-likeness (QED) is 0.634. The van der Waals surface area contributed by atoms with Crippen molar-refractivity contribution >= 4 is 34.5 Å². The van der Waals surface area contributed by atoms with Crippen LogP contribution in [0.2, 0.25) is 0 Å². The first-order chi connectivity index (χ1) is 11.8. The van der Waals surface area contributed by atoms with Gasteiger partial charge in [0.1, 0.15) is 5.66 Å². The standard InChI is InChI=1S/C20H21N3OS/c1-19(2)12-20(3)21-15-11-14(17(24)13-7-5-4-6-8-13)9-10-16(15)23(20)18(25)22-19/h4-11,21H,12H2,1-3H3,(H,22,25). The van der Waals surface area contributed by atoms with Crippen LogP contribution in [0.15, 0.2) is 48.5 Å². The SMILES string of the molecule is CC1(C)CC2(C)Nc3cc(C(=O)c4ccccc4)ccc3N2C(=S)N1. The summed E-state index contributed by atoms with van der Waals surface area (Å²) >= 11 is 5.61. The third kappa shape index (κ3) is 2.59. The summed E-state index contributed by atoms with van der Waals surface area (Å²) in [7, 11) is 0. The van der Waals surface area contributed by atoms with Crippen molar-refractivity contribution in [1.82, 2.24) is 5.32 Å². The van der Waals surface area contributed by atoms with Crippen LogP contribution < -0.4 is 15.5 Å². The number of carbonyl (C=O) groups is 1. The number of carbonyl (C=O) groups excluding carboxylic acids is 1. The zero-order valence-electron chi connectivity index (χ0n) is 14.6. The molecule has 0 spiro atoms. The smallest absolute Gasteiger partial charge is 0.193 e. The Balaban J connectivity index is 1.72. The molecule has 5 heteroatoms. The van der Waals surface area contributed by atoms with Crippen LogP contribution in [-0.2, 0) is 0 Å². The molecular weight excluding hydrogens is 330 g/mol. The number of anilines is 2. The molecular formula is C20H21N3OS. The van der Waals surface area contributed by atoms with E-state index in [0.717, 1.165) is 17.8 Å². The maximum atomic E-state index is 12.7. The second-order valence-corrected chi connectivity index (χ2v) is 8.04. The minimum absolute atomic E-state index is 0.0289. The molecule has 1 atom stereocenters. The Hall–Kier alpha value is -2.40. The first-order valence-corrected chi connectivity index (χ1v) is 8.84. The van der Waals surface area contributed by atoms with Crippen molar-refractivity contribution in [1.29, 1.82) is 0 Å². The van der Waals surface area contributed by atoms with E-state index in [1.807, 2.05) is 48.5 Å². The molecule has 4 nitrogen and oxygen atoms in total. The van der Waals surface area contributed by atoms with Crippen LogP contribution in [0.3, 0.4) is 0 Å². The largest absolute Gasteiger partial charge is 0.361 e. The second kappa shape index (κ2) is 5.30. The van der Waals surface area contributed by atoms with E-state index in [4.69, 9.17) is 12.2 Å². The Morgan fingerprint density at radius 1 is 1.04 bits per heavy atom. The van der Waals surface area contributed by atoms with Crippen molar-refractivity contribution in [2.24, 2.45) is 0 Å². The van der Waals surface area contributed by atoms with Gasteiger partial charge in [0.15, 0.2) is 10.9 Å². The molecule has 1 unspecified atom stereocenters. The van der Waals surface area contributed by atoms with Crippen molar-refractivity contribution in [3.63, 3.8) is 0 Å². The van der Waals surface area contributed by atoms with Gasteiger partial charge in [-0.05, 0) is 51.2 Å². The normalized spacial score (nSPS) is 23.3. The summed E-state index contributed by atoms with van der Waals surface area (Å²) in [6.07, 6.45) is 0.886. The number of ketones is 1. The molecule has 0 bridgehead atoms. The predicted molar refractivity (Wildman–Crippen MR) is 105 cm³/mol. The van der Waals surface area contributed by atoms with Crippen LogP contribution in [0.4, 0.5) is 11.4 Å². The third-order valence-corrected chi connectivity index (χ3v) is 5.15. The average Bonchev–Trinajstić information content (AvgIpc) is 2.84. The van der Waals surface area contributed by atoms with Crippen molar-refractivity contribution in [2.75, 3.05) is 10.2 Å². The Morgan fingerprint density at radius 3 is 2.48 bits per heavy atom. The number of rotatable bonds is 2. The van der Waals surface area contributed by atoms with Crippen LogP contribution >= 0.6 is 12.2 Å². The lowest BCUT2D eigenvalue weighted by Crippen LogP contribution is -2.67. The van der Waals surface area contributed by atoms with Crippen LogP contribution in [-0.4, -0.2) is 22.1 Å². The lowest BCUT2D eigenvalue weighted by molar-refractivity contribution is 0.103. The number of hydrogen-bond acceptors (Lipinski definition) is 3. The molecule has 128 valence electrons. The fourth-order valence-electron chi connectivity index (χ4n) is 4.05. The molecule has 0 amide bonds. The Bertz CT molecular complexity index is 878. The summed E-state index contributed by atoms with van der Waals surface area (Å²) in [5, 5.41) is 7.71. The van der Waals surface area contributed by atoms with Crippen LogP contribution in [0.25, 0.3) is 0 Å². The summed E-state index contributed by atoms with van der Waals surface area (Å²) in [5.74, 6) is 0.0289. The number of thiocarbonyl (C=S) groups is 1. The van der Waals surface area contributed by atoms with Gasteiger partial charge in [-0.3, -0.25) is 9.69 Å². The van der Waals surface area contributed by atoms with Gasteiger partial charge in [-0.25, -0.2) is 0 Å². The highest BCUT2D eigenvalue weighted by atomic mass is 32.1. The number of benzene rings is 2. The molecule has 2 aliphatic rings. The number of hydrogen-bond donors (Lipinski definition) is 2. The summed E-state index contributed by atoms with van der Waals surface area (Å²) in [6.45, 7) is 6.45. The molecule has 2 heterocycles. The zero-order valence-corrected chi connectivity index (χ0v) is 15.4. The van der Waals surface area contributed by atoms with Crippen molar-refractivity contribution < 1.29 is 4.79 Å². The Labute approximate surface area is 153 Å².